The van der Waals surface area contributed by atoms with Crippen LogP contribution in [0.15, 0.2) is 0 Å². The highest BCUT2D eigenvalue weighted by molar-refractivity contribution is 4.83. The molecule has 15 heavy (non-hydrogen) atoms. The number of hydrogen-bond donors (Lipinski definition) is 2. The van der Waals surface area contributed by atoms with Crippen molar-refractivity contribution in [3.63, 3.8) is 0 Å². The third-order valence-corrected chi connectivity index (χ3v) is 3.08. The SMILES string of the molecule is CCOC(CC)C(NN)C1CCCOC1. The van der Waals surface area contributed by atoms with Crippen LogP contribution in [0.1, 0.15) is 33.1 Å². The summed E-state index contributed by atoms with van der Waals surface area (Å²) in [7, 11) is 0. The minimum atomic E-state index is 0.201. The van der Waals surface area contributed by atoms with Gasteiger partial charge in [0.2, 0.25) is 0 Å². The first-order chi connectivity index (χ1) is 7.33. The molecular weight excluding hydrogens is 192 g/mol. The van der Waals surface area contributed by atoms with Gasteiger partial charge >= 0.3 is 0 Å². The molecule has 1 rings (SSSR count). The summed E-state index contributed by atoms with van der Waals surface area (Å²) in [5.41, 5.74) is 2.90. The first-order valence-electron chi connectivity index (χ1n) is 5.98. The lowest BCUT2D eigenvalue weighted by molar-refractivity contribution is -0.0242. The Bertz CT molecular complexity index is 156. The fourth-order valence-electron chi connectivity index (χ4n) is 2.29. The Hall–Kier alpha value is -0.160. The second-order valence-corrected chi connectivity index (χ2v) is 4.07. The van der Waals surface area contributed by atoms with Gasteiger partial charge in [0, 0.05) is 19.1 Å². The molecule has 0 saturated carbocycles. The quantitative estimate of drug-likeness (QED) is 0.515. The lowest BCUT2D eigenvalue weighted by Gasteiger charge is -2.34. The molecule has 0 spiro atoms. The van der Waals surface area contributed by atoms with Crippen LogP contribution in [-0.2, 0) is 9.47 Å². The Morgan fingerprint density at radius 1 is 1.53 bits per heavy atom. The summed E-state index contributed by atoms with van der Waals surface area (Å²) >= 11 is 0. The Morgan fingerprint density at radius 3 is 2.80 bits per heavy atom. The van der Waals surface area contributed by atoms with Crippen LogP contribution in [0, 0.1) is 5.92 Å². The van der Waals surface area contributed by atoms with E-state index in [1.165, 1.54) is 6.42 Å². The molecule has 90 valence electrons. The van der Waals surface area contributed by atoms with Gasteiger partial charge in [0.25, 0.3) is 0 Å². The van der Waals surface area contributed by atoms with Crippen molar-refractivity contribution in [3.05, 3.63) is 0 Å². The van der Waals surface area contributed by atoms with E-state index in [1.54, 1.807) is 0 Å². The van der Waals surface area contributed by atoms with E-state index in [0.717, 1.165) is 32.7 Å². The second kappa shape index (κ2) is 7.17. The van der Waals surface area contributed by atoms with Gasteiger partial charge in [0.15, 0.2) is 0 Å². The third kappa shape index (κ3) is 3.72. The standard InChI is InChI=1S/C11H24N2O2/c1-3-10(15-4-2)11(13-12)9-6-5-7-14-8-9/h9-11,13H,3-8,12H2,1-2H3. The van der Waals surface area contributed by atoms with Crippen LogP contribution in [-0.4, -0.2) is 32.0 Å². The van der Waals surface area contributed by atoms with Crippen LogP contribution in [0.2, 0.25) is 0 Å². The van der Waals surface area contributed by atoms with Crippen LogP contribution in [0.25, 0.3) is 0 Å². The largest absolute Gasteiger partial charge is 0.381 e. The van der Waals surface area contributed by atoms with Crippen molar-refractivity contribution < 1.29 is 9.47 Å². The maximum Gasteiger partial charge on any atom is 0.0742 e. The number of ether oxygens (including phenoxy) is 2. The lowest BCUT2D eigenvalue weighted by atomic mass is 9.89. The molecule has 1 aliphatic heterocycles. The molecule has 3 unspecified atom stereocenters. The highest BCUT2D eigenvalue weighted by atomic mass is 16.5. The van der Waals surface area contributed by atoms with E-state index in [-0.39, 0.29) is 12.1 Å². The van der Waals surface area contributed by atoms with Crippen molar-refractivity contribution in [2.24, 2.45) is 11.8 Å². The van der Waals surface area contributed by atoms with E-state index in [9.17, 15) is 0 Å². The summed E-state index contributed by atoms with van der Waals surface area (Å²) in [6.45, 7) is 6.59. The smallest absolute Gasteiger partial charge is 0.0742 e. The number of rotatable bonds is 6. The Kier molecular flexibility index (Phi) is 6.17. The minimum Gasteiger partial charge on any atom is -0.381 e. The van der Waals surface area contributed by atoms with Crippen LogP contribution in [0.5, 0.6) is 0 Å². The molecule has 0 aliphatic carbocycles. The average molecular weight is 216 g/mol. The molecule has 3 N–H and O–H groups in total. The van der Waals surface area contributed by atoms with Crippen molar-refractivity contribution in [2.45, 2.75) is 45.3 Å². The van der Waals surface area contributed by atoms with Crippen LogP contribution in [0.4, 0.5) is 0 Å². The topological polar surface area (TPSA) is 56.5 Å². The zero-order valence-corrected chi connectivity index (χ0v) is 9.87. The van der Waals surface area contributed by atoms with Crippen molar-refractivity contribution in [1.82, 2.24) is 5.43 Å². The zero-order chi connectivity index (χ0) is 11.1. The van der Waals surface area contributed by atoms with Gasteiger partial charge in [-0.05, 0) is 26.2 Å². The lowest BCUT2D eigenvalue weighted by Crippen LogP contribution is -2.51. The number of nitrogens with one attached hydrogen (secondary N) is 1. The van der Waals surface area contributed by atoms with Gasteiger partial charge in [-0.3, -0.25) is 11.3 Å². The number of nitrogens with two attached hydrogens (primary N) is 1. The van der Waals surface area contributed by atoms with Gasteiger partial charge in [-0.25, -0.2) is 0 Å². The first kappa shape index (κ1) is 12.9. The molecule has 1 fully saturated rings. The molecular formula is C11H24N2O2. The van der Waals surface area contributed by atoms with Gasteiger partial charge < -0.3 is 9.47 Å². The maximum atomic E-state index is 5.70. The summed E-state index contributed by atoms with van der Waals surface area (Å²) in [5.74, 6) is 6.11. The molecule has 0 aromatic heterocycles. The van der Waals surface area contributed by atoms with E-state index in [0.29, 0.717) is 5.92 Å². The fourth-order valence-corrected chi connectivity index (χ4v) is 2.29. The Balaban J connectivity index is 2.50. The van der Waals surface area contributed by atoms with Crippen molar-refractivity contribution in [1.29, 1.82) is 0 Å². The predicted molar refractivity (Wildman–Crippen MR) is 60.4 cm³/mol. The summed E-state index contributed by atoms with van der Waals surface area (Å²) in [6.07, 6.45) is 3.50. The van der Waals surface area contributed by atoms with E-state index in [4.69, 9.17) is 15.3 Å². The highest BCUT2D eigenvalue weighted by Gasteiger charge is 2.29. The molecule has 4 nitrogen and oxygen atoms in total. The third-order valence-electron chi connectivity index (χ3n) is 3.08. The predicted octanol–water partition coefficient (Wildman–Crippen LogP) is 1.06. The maximum absolute atomic E-state index is 5.70. The molecule has 1 aliphatic rings. The Labute approximate surface area is 92.5 Å². The van der Waals surface area contributed by atoms with Crippen LogP contribution >= 0.6 is 0 Å². The van der Waals surface area contributed by atoms with Gasteiger partial charge in [0.1, 0.15) is 0 Å². The van der Waals surface area contributed by atoms with Gasteiger partial charge in [-0.1, -0.05) is 6.92 Å². The molecule has 0 aromatic carbocycles. The molecule has 0 radical (unpaired) electrons. The second-order valence-electron chi connectivity index (χ2n) is 4.07. The monoisotopic (exact) mass is 216 g/mol. The summed E-state index contributed by atoms with van der Waals surface area (Å²) in [5, 5.41) is 0. The first-order valence-corrected chi connectivity index (χ1v) is 5.98. The summed E-state index contributed by atoms with van der Waals surface area (Å²) in [6, 6.07) is 0.218. The molecule has 0 aromatic rings. The molecule has 1 heterocycles. The zero-order valence-electron chi connectivity index (χ0n) is 9.87. The van der Waals surface area contributed by atoms with Gasteiger partial charge in [-0.15, -0.1) is 0 Å². The fraction of sp³-hybridized carbons (Fsp3) is 1.00. The van der Waals surface area contributed by atoms with Crippen molar-refractivity contribution in [3.8, 4) is 0 Å². The average Bonchev–Trinajstić information content (AvgIpc) is 2.30. The number of hydrazine groups is 1. The van der Waals surface area contributed by atoms with Crippen LogP contribution in [0.3, 0.4) is 0 Å². The molecule has 3 atom stereocenters. The molecule has 0 amide bonds. The van der Waals surface area contributed by atoms with E-state index in [2.05, 4.69) is 12.3 Å². The number of hydrogen-bond acceptors (Lipinski definition) is 4. The van der Waals surface area contributed by atoms with Crippen molar-refractivity contribution >= 4 is 0 Å². The summed E-state index contributed by atoms with van der Waals surface area (Å²) in [4.78, 5) is 0. The Morgan fingerprint density at radius 2 is 2.33 bits per heavy atom. The van der Waals surface area contributed by atoms with Crippen molar-refractivity contribution in [2.75, 3.05) is 19.8 Å². The normalized spacial score (nSPS) is 26.2. The van der Waals surface area contributed by atoms with E-state index >= 15 is 0 Å². The molecule has 4 heteroatoms. The van der Waals surface area contributed by atoms with E-state index < -0.39 is 0 Å². The highest BCUT2D eigenvalue weighted by Crippen LogP contribution is 2.21. The van der Waals surface area contributed by atoms with Gasteiger partial charge in [0.05, 0.1) is 18.8 Å². The van der Waals surface area contributed by atoms with Crippen LogP contribution < -0.4 is 11.3 Å². The van der Waals surface area contributed by atoms with E-state index in [1.807, 2.05) is 6.92 Å². The molecule has 1 saturated heterocycles. The molecule has 0 bridgehead atoms. The minimum absolute atomic E-state index is 0.201. The van der Waals surface area contributed by atoms with Gasteiger partial charge in [-0.2, -0.15) is 0 Å². The summed E-state index contributed by atoms with van der Waals surface area (Å²) < 4.78 is 11.2.